The summed E-state index contributed by atoms with van der Waals surface area (Å²) in [4.78, 5) is 24.0. The maximum Gasteiger partial charge on any atom is 0.412 e. The van der Waals surface area contributed by atoms with Gasteiger partial charge in [0.25, 0.3) is 0 Å². The number of ether oxygens (including phenoxy) is 1. The quantitative estimate of drug-likeness (QED) is 0.785. The van der Waals surface area contributed by atoms with Gasteiger partial charge in [-0.3, -0.25) is 10.2 Å². The van der Waals surface area contributed by atoms with Gasteiger partial charge in [-0.1, -0.05) is 30.3 Å². The lowest BCUT2D eigenvalue weighted by Crippen LogP contribution is -2.46. The van der Waals surface area contributed by atoms with Crippen LogP contribution < -0.4 is 10.2 Å². The molecule has 0 aliphatic heterocycles. The van der Waals surface area contributed by atoms with Gasteiger partial charge in [-0.25, -0.2) is 18.4 Å². The van der Waals surface area contributed by atoms with E-state index in [1.54, 1.807) is 24.3 Å². The Hall–Kier alpha value is -3.16. The van der Waals surface area contributed by atoms with Gasteiger partial charge in [-0.05, 0) is 38.5 Å². The van der Waals surface area contributed by atoms with E-state index in [0.29, 0.717) is 4.90 Å². The molecule has 2 N–H and O–H groups in total. The number of benzene rings is 2. The first-order chi connectivity index (χ1) is 12.6. The van der Waals surface area contributed by atoms with Crippen molar-refractivity contribution in [2.45, 2.75) is 32.9 Å². The van der Waals surface area contributed by atoms with Crippen LogP contribution >= 0.6 is 0 Å². The first-order valence-corrected chi connectivity index (χ1v) is 8.10. The number of nitrogens with one attached hydrogen (secondary N) is 1. The van der Waals surface area contributed by atoms with Crippen molar-refractivity contribution in [3.63, 3.8) is 0 Å². The molecule has 8 heteroatoms. The first-order valence-electron chi connectivity index (χ1n) is 8.10. The number of carbonyl (C=O) groups is 2. The van der Waals surface area contributed by atoms with E-state index in [9.17, 15) is 23.5 Å². The van der Waals surface area contributed by atoms with Crippen LogP contribution in [0.1, 0.15) is 26.3 Å². The van der Waals surface area contributed by atoms with Crippen LogP contribution in [0.25, 0.3) is 0 Å². The van der Waals surface area contributed by atoms with Crippen molar-refractivity contribution in [1.29, 1.82) is 0 Å². The molecule has 0 radical (unpaired) electrons. The zero-order valence-corrected chi connectivity index (χ0v) is 15.1. The van der Waals surface area contributed by atoms with Crippen LogP contribution in [0.5, 0.6) is 0 Å². The van der Waals surface area contributed by atoms with E-state index in [0.717, 1.165) is 17.7 Å². The molecule has 0 aliphatic carbocycles. The molecule has 0 unspecified atom stereocenters. The summed E-state index contributed by atoms with van der Waals surface area (Å²) in [5, 5.41) is 11.5. The summed E-state index contributed by atoms with van der Waals surface area (Å²) in [5.41, 5.74) is -1.53. The highest BCUT2D eigenvalue weighted by molar-refractivity contribution is 5.91. The SMILES string of the molecule is CC(C)(C)N(C(=O)O)c1c(F)ccc(NC(=O)OCc2ccccc2)c1F. The number of halogens is 2. The van der Waals surface area contributed by atoms with Crippen LogP contribution in [0.3, 0.4) is 0 Å². The van der Waals surface area contributed by atoms with Gasteiger partial charge in [-0.2, -0.15) is 0 Å². The normalized spacial score (nSPS) is 11.0. The van der Waals surface area contributed by atoms with E-state index in [-0.39, 0.29) is 12.3 Å². The van der Waals surface area contributed by atoms with Gasteiger partial charge in [0.05, 0.1) is 5.69 Å². The molecule has 2 rings (SSSR count). The Kier molecular flexibility index (Phi) is 5.99. The Morgan fingerprint density at radius 2 is 1.74 bits per heavy atom. The highest BCUT2D eigenvalue weighted by Crippen LogP contribution is 2.33. The smallest absolute Gasteiger partial charge is 0.412 e. The van der Waals surface area contributed by atoms with Gasteiger partial charge in [0, 0.05) is 5.54 Å². The van der Waals surface area contributed by atoms with Crippen LogP contribution in [0.4, 0.5) is 29.7 Å². The number of hydrogen-bond acceptors (Lipinski definition) is 3. The summed E-state index contributed by atoms with van der Waals surface area (Å²) in [6, 6.07) is 10.7. The summed E-state index contributed by atoms with van der Waals surface area (Å²) < 4.78 is 34.0. The van der Waals surface area contributed by atoms with Crippen molar-refractivity contribution in [2.75, 3.05) is 10.2 Å². The van der Waals surface area contributed by atoms with Gasteiger partial charge < -0.3 is 9.84 Å². The average Bonchev–Trinajstić information content (AvgIpc) is 2.58. The molecule has 144 valence electrons. The van der Waals surface area contributed by atoms with Crippen molar-refractivity contribution < 1.29 is 28.2 Å². The lowest BCUT2D eigenvalue weighted by atomic mass is 10.0. The number of amides is 2. The standard InChI is InChI=1S/C19H20F2N2O4/c1-19(2,3)23(18(25)26)16-13(20)9-10-14(15(16)21)22-17(24)27-11-12-7-5-4-6-8-12/h4-10H,11H2,1-3H3,(H,22,24)(H,25,26). The summed E-state index contributed by atoms with van der Waals surface area (Å²) in [6.45, 7) is 4.45. The van der Waals surface area contributed by atoms with E-state index >= 15 is 0 Å². The third-order valence-corrected chi connectivity index (χ3v) is 3.60. The van der Waals surface area contributed by atoms with Crippen molar-refractivity contribution >= 4 is 23.6 Å². The van der Waals surface area contributed by atoms with Crippen LogP contribution in [0.2, 0.25) is 0 Å². The van der Waals surface area contributed by atoms with Crippen molar-refractivity contribution in [1.82, 2.24) is 0 Å². The molecule has 0 aliphatic rings. The Labute approximate surface area is 155 Å². The fourth-order valence-corrected chi connectivity index (χ4v) is 2.43. The van der Waals surface area contributed by atoms with E-state index in [1.807, 2.05) is 6.07 Å². The minimum Gasteiger partial charge on any atom is -0.465 e. The van der Waals surface area contributed by atoms with Crippen LogP contribution in [-0.2, 0) is 11.3 Å². The minimum atomic E-state index is -1.52. The second-order valence-corrected chi connectivity index (χ2v) is 6.73. The van der Waals surface area contributed by atoms with E-state index in [2.05, 4.69) is 5.32 Å². The first kappa shape index (κ1) is 20.2. The Morgan fingerprint density at radius 3 is 2.30 bits per heavy atom. The van der Waals surface area contributed by atoms with E-state index in [4.69, 9.17) is 4.74 Å². The molecule has 0 saturated heterocycles. The van der Waals surface area contributed by atoms with E-state index in [1.165, 1.54) is 20.8 Å². The zero-order chi connectivity index (χ0) is 20.2. The minimum absolute atomic E-state index is 0.0361. The van der Waals surface area contributed by atoms with Crippen LogP contribution in [0, 0.1) is 11.6 Å². The third-order valence-electron chi connectivity index (χ3n) is 3.60. The van der Waals surface area contributed by atoms with Crippen molar-refractivity contribution in [3.8, 4) is 0 Å². The average molecular weight is 378 g/mol. The predicted molar refractivity (Wildman–Crippen MR) is 96.9 cm³/mol. The topological polar surface area (TPSA) is 78.9 Å². The fourth-order valence-electron chi connectivity index (χ4n) is 2.43. The highest BCUT2D eigenvalue weighted by Gasteiger charge is 2.33. The Balaban J connectivity index is 2.23. The summed E-state index contributed by atoms with van der Waals surface area (Å²) in [5.74, 6) is -2.27. The second-order valence-electron chi connectivity index (χ2n) is 6.73. The summed E-state index contributed by atoms with van der Waals surface area (Å²) >= 11 is 0. The Morgan fingerprint density at radius 1 is 1.11 bits per heavy atom. The summed E-state index contributed by atoms with van der Waals surface area (Å²) in [7, 11) is 0. The zero-order valence-electron chi connectivity index (χ0n) is 15.1. The highest BCUT2D eigenvalue weighted by atomic mass is 19.1. The lowest BCUT2D eigenvalue weighted by Gasteiger charge is -2.33. The van der Waals surface area contributed by atoms with Gasteiger partial charge in [0.15, 0.2) is 5.82 Å². The molecule has 0 heterocycles. The molecular weight excluding hydrogens is 358 g/mol. The van der Waals surface area contributed by atoms with Crippen molar-refractivity contribution in [2.24, 2.45) is 0 Å². The lowest BCUT2D eigenvalue weighted by molar-refractivity contribution is 0.155. The molecular formula is C19H20F2N2O4. The Bertz CT molecular complexity index is 836. The second kappa shape index (κ2) is 8.03. The molecule has 0 aromatic heterocycles. The van der Waals surface area contributed by atoms with Crippen molar-refractivity contribution in [3.05, 3.63) is 59.7 Å². The van der Waals surface area contributed by atoms with Crippen LogP contribution in [0.15, 0.2) is 42.5 Å². The fraction of sp³-hybridized carbons (Fsp3) is 0.263. The molecule has 0 saturated carbocycles. The van der Waals surface area contributed by atoms with Gasteiger partial charge in [0.2, 0.25) is 0 Å². The molecule has 0 fully saturated rings. The number of carboxylic acid groups (broad SMARTS) is 1. The van der Waals surface area contributed by atoms with Gasteiger partial charge in [-0.15, -0.1) is 0 Å². The molecule has 0 bridgehead atoms. The number of nitrogens with zero attached hydrogens (tertiary/aromatic N) is 1. The molecule has 2 aromatic carbocycles. The molecule has 6 nitrogen and oxygen atoms in total. The maximum atomic E-state index is 14.8. The predicted octanol–water partition coefficient (Wildman–Crippen LogP) is 5.00. The third kappa shape index (κ3) is 4.93. The van der Waals surface area contributed by atoms with Crippen LogP contribution in [-0.4, -0.2) is 22.8 Å². The molecule has 0 atom stereocenters. The molecule has 2 aromatic rings. The van der Waals surface area contributed by atoms with Gasteiger partial charge >= 0.3 is 12.2 Å². The maximum absolute atomic E-state index is 14.8. The summed E-state index contributed by atoms with van der Waals surface area (Å²) in [6.07, 6.45) is -2.47. The molecule has 0 spiro atoms. The monoisotopic (exact) mass is 378 g/mol. The number of rotatable bonds is 4. The van der Waals surface area contributed by atoms with E-state index < -0.39 is 35.0 Å². The number of hydrogen-bond donors (Lipinski definition) is 2. The number of anilines is 2. The molecule has 27 heavy (non-hydrogen) atoms. The van der Waals surface area contributed by atoms with Gasteiger partial charge in [0.1, 0.15) is 18.1 Å². The number of carbonyl (C=O) groups excluding carboxylic acids is 1. The molecule has 2 amide bonds. The largest absolute Gasteiger partial charge is 0.465 e.